The minimum absolute atomic E-state index is 0.0491. The molecule has 1 amide bonds. The Labute approximate surface area is 135 Å². The maximum absolute atomic E-state index is 12.9. The van der Waals surface area contributed by atoms with Gasteiger partial charge in [-0.2, -0.15) is 10.1 Å². The van der Waals surface area contributed by atoms with E-state index in [0.29, 0.717) is 18.0 Å². The fraction of sp³-hybridized carbons (Fsp3) is 0.625. The molecule has 1 aliphatic heterocycles. The van der Waals surface area contributed by atoms with Gasteiger partial charge in [0.1, 0.15) is 0 Å². The van der Waals surface area contributed by atoms with Gasteiger partial charge >= 0.3 is 0 Å². The Morgan fingerprint density at radius 1 is 1.39 bits per heavy atom. The molecule has 124 valence electrons. The molecule has 1 fully saturated rings. The van der Waals surface area contributed by atoms with Crippen LogP contribution in [-0.2, 0) is 13.5 Å². The summed E-state index contributed by atoms with van der Waals surface area (Å²) >= 11 is 0. The topological polar surface area (TPSA) is 77.0 Å². The molecule has 2 aromatic rings. The maximum atomic E-state index is 12.9. The molecule has 7 nitrogen and oxygen atoms in total. The van der Waals surface area contributed by atoms with Crippen molar-refractivity contribution in [3.8, 4) is 0 Å². The summed E-state index contributed by atoms with van der Waals surface area (Å²) in [5, 5.41) is 8.31. The van der Waals surface area contributed by atoms with Crippen molar-refractivity contribution in [2.24, 2.45) is 7.05 Å². The van der Waals surface area contributed by atoms with E-state index in [9.17, 15) is 4.79 Å². The highest BCUT2D eigenvalue weighted by Gasteiger charge is 2.31. The molecule has 1 atom stereocenters. The van der Waals surface area contributed by atoms with E-state index in [1.807, 2.05) is 32.7 Å². The van der Waals surface area contributed by atoms with Crippen LogP contribution in [0, 0.1) is 13.8 Å². The zero-order chi connectivity index (χ0) is 16.6. The molecule has 0 N–H and O–H groups in total. The lowest BCUT2D eigenvalue weighted by Crippen LogP contribution is -2.39. The van der Waals surface area contributed by atoms with E-state index in [0.717, 1.165) is 43.0 Å². The van der Waals surface area contributed by atoms with Gasteiger partial charge in [-0.1, -0.05) is 12.1 Å². The van der Waals surface area contributed by atoms with Crippen molar-refractivity contribution in [2.75, 3.05) is 13.1 Å². The minimum atomic E-state index is 0.0491. The number of hydrogen-bond acceptors (Lipinski definition) is 5. The van der Waals surface area contributed by atoms with Crippen LogP contribution in [0.1, 0.15) is 59.1 Å². The molecule has 23 heavy (non-hydrogen) atoms. The Morgan fingerprint density at radius 2 is 2.17 bits per heavy atom. The second-order valence-electron chi connectivity index (χ2n) is 6.16. The fourth-order valence-electron chi connectivity index (χ4n) is 3.18. The molecule has 1 aliphatic rings. The van der Waals surface area contributed by atoms with E-state index in [4.69, 9.17) is 4.52 Å². The van der Waals surface area contributed by atoms with Crippen LogP contribution in [0.3, 0.4) is 0 Å². The van der Waals surface area contributed by atoms with E-state index >= 15 is 0 Å². The van der Waals surface area contributed by atoms with Crippen LogP contribution < -0.4 is 0 Å². The third-order valence-corrected chi connectivity index (χ3v) is 4.58. The first-order chi connectivity index (χ1) is 11.0. The maximum Gasteiger partial charge on any atom is 0.257 e. The highest BCUT2D eigenvalue weighted by atomic mass is 16.5. The molecule has 2 aromatic heterocycles. The smallest absolute Gasteiger partial charge is 0.257 e. The van der Waals surface area contributed by atoms with Crippen LogP contribution in [0.2, 0.25) is 0 Å². The first-order valence-electron chi connectivity index (χ1n) is 8.13. The van der Waals surface area contributed by atoms with Gasteiger partial charge in [-0.3, -0.25) is 9.48 Å². The molecular weight excluding hydrogens is 294 g/mol. The first-order valence-corrected chi connectivity index (χ1v) is 8.13. The first kappa shape index (κ1) is 15.7. The van der Waals surface area contributed by atoms with Crippen molar-refractivity contribution >= 4 is 5.91 Å². The summed E-state index contributed by atoms with van der Waals surface area (Å²) in [4.78, 5) is 19.2. The third kappa shape index (κ3) is 2.87. The number of aromatic nitrogens is 4. The number of carbonyl (C=O) groups is 1. The number of piperidine rings is 1. The van der Waals surface area contributed by atoms with E-state index < -0.39 is 0 Å². The molecule has 1 saturated heterocycles. The Morgan fingerprint density at radius 3 is 2.78 bits per heavy atom. The average Bonchev–Trinajstić information content (AvgIpc) is 3.12. The van der Waals surface area contributed by atoms with Crippen LogP contribution >= 0.6 is 0 Å². The van der Waals surface area contributed by atoms with Crippen LogP contribution in [0.15, 0.2) is 4.52 Å². The summed E-state index contributed by atoms with van der Waals surface area (Å²) in [5.41, 5.74) is 2.40. The number of likely N-dealkylation sites (tertiary alicyclic amines) is 1. The molecule has 3 heterocycles. The normalized spacial score (nSPS) is 18.4. The van der Waals surface area contributed by atoms with Crippen LogP contribution in [-0.4, -0.2) is 43.8 Å². The lowest BCUT2D eigenvalue weighted by Gasteiger charge is -2.31. The van der Waals surface area contributed by atoms with Crippen LogP contribution in [0.4, 0.5) is 0 Å². The predicted molar refractivity (Wildman–Crippen MR) is 84.2 cm³/mol. The number of nitrogens with zero attached hydrogens (tertiary/aromatic N) is 5. The zero-order valence-electron chi connectivity index (χ0n) is 14.2. The molecule has 0 bridgehead atoms. The van der Waals surface area contributed by atoms with Crippen LogP contribution in [0.5, 0.6) is 0 Å². The largest absolute Gasteiger partial charge is 0.339 e. The number of amides is 1. The Balaban J connectivity index is 1.79. The Bertz CT molecular complexity index is 718. The monoisotopic (exact) mass is 317 g/mol. The quantitative estimate of drug-likeness (QED) is 0.865. The van der Waals surface area contributed by atoms with Gasteiger partial charge in [-0.05, 0) is 26.7 Å². The van der Waals surface area contributed by atoms with E-state index in [-0.39, 0.29) is 11.8 Å². The van der Waals surface area contributed by atoms with E-state index in [1.54, 1.807) is 4.68 Å². The second-order valence-corrected chi connectivity index (χ2v) is 6.16. The van der Waals surface area contributed by atoms with Gasteiger partial charge < -0.3 is 9.42 Å². The summed E-state index contributed by atoms with van der Waals surface area (Å²) in [6.07, 6.45) is 2.67. The highest BCUT2D eigenvalue weighted by Crippen LogP contribution is 2.27. The van der Waals surface area contributed by atoms with E-state index in [2.05, 4.69) is 15.2 Å². The average molecular weight is 317 g/mol. The van der Waals surface area contributed by atoms with Crippen molar-refractivity contribution in [3.05, 3.63) is 28.7 Å². The van der Waals surface area contributed by atoms with Crippen molar-refractivity contribution in [1.82, 2.24) is 24.8 Å². The van der Waals surface area contributed by atoms with Gasteiger partial charge in [0.15, 0.2) is 5.82 Å². The number of aryl methyl sites for hydroxylation is 3. The molecule has 0 aliphatic carbocycles. The van der Waals surface area contributed by atoms with Gasteiger partial charge in [0.2, 0.25) is 5.89 Å². The van der Waals surface area contributed by atoms with Gasteiger partial charge in [0, 0.05) is 32.3 Å². The van der Waals surface area contributed by atoms with Gasteiger partial charge in [-0.25, -0.2) is 0 Å². The molecule has 0 unspecified atom stereocenters. The lowest BCUT2D eigenvalue weighted by molar-refractivity contribution is 0.0694. The minimum Gasteiger partial charge on any atom is -0.339 e. The van der Waals surface area contributed by atoms with Crippen LogP contribution in [0.25, 0.3) is 0 Å². The molecule has 0 saturated carbocycles. The summed E-state index contributed by atoms with van der Waals surface area (Å²) < 4.78 is 7.12. The molecule has 0 spiro atoms. The highest BCUT2D eigenvalue weighted by molar-refractivity contribution is 5.96. The van der Waals surface area contributed by atoms with Crippen molar-refractivity contribution in [2.45, 2.75) is 46.0 Å². The lowest BCUT2D eigenvalue weighted by atomic mass is 9.97. The SMILES string of the molecule is CCc1noc([C@H]2CCCN(C(=O)c3c(C)nn(C)c3C)C2)n1. The summed E-state index contributed by atoms with van der Waals surface area (Å²) in [6, 6.07) is 0. The standard InChI is InChI=1S/C16H23N5O2/c1-5-13-17-15(23-19-13)12-7-6-8-21(9-12)16(22)14-10(2)18-20(4)11(14)3/h12H,5-9H2,1-4H3/t12-/m0/s1. The van der Waals surface area contributed by atoms with Crippen molar-refractivity contribution in [3.63, 3.8) is 0 Å². The van der Waals surface area contributed by atoms with Gasteiger partial charge in [0.05, 0.1) is 17.2 Å². The number of carbonyl (C=O) groups excluding carboxylic acids is 1. The molecule has 0 aromatic carbocycles. The van der Waals surface area contributed by atoms with Crippen molar-refractivity contribution in [1.29, 1.82) is 0 Å². The van der Waals surface area contributed by atoms with Crippen molar-refractivity contribution < 1.29 is 9.32 Å². The van der Waals surface area contributed by atoms with Gasteiger partial charge in [-0.15, -0.1) is 0 Å². The number of hydrogen-bond donors (Lipinski definition) is 0. The Hall–Kier alpha value is -2.18. The molecule has 0 radical (unpaired) electrons. The molecule has 7 heteroatoms. The number of rotatable bonds is 3. The Kier molecular flexibility index (Phi) is 4.19. The zero-order valence-corrected chi connectivity index (χ0v) is 14.2. The fourth-order valence-corrected chi connectivity index (χ4v) is 3.18. The third-order valence-electron chi connectivity index (χ3n) is 4.58. The molecule has 3 rings (SSSR count). The second kappa shape index (κ2) is 6.14. The predicted octanol–water partition coefficient (Wildman–Crippen LogP) is 2.00. The van der Waals surface area contributed by atoms with Gasteiger partial charge in [0.25, 0.3) is 5.91 Å². The summed E-state index contributed by atoms with van der Waals surface area (Å²) in [6.45, 7) is 7.20. The summed E-state index contributed by atoms with van der Waals surface area (Å²) in [7, 11) is 1.86. The van der Waals surface area contributed by atoms with E-state index in [1.165, 1.54) is 0 Å². The summed E-state index contributed by atoms with van der Waals surface area (Å²) in [5.74, 6) is 1.55. The molecular formula is C16H23N5O2.